The minimum atomic E-state index is -0.650. The van der Waals surface area contributed by atoms with E-state index in [1.165, 1.54) is 0 Å². The van der Waals surface area contributed by atoms with Gasteiger partial charge in [-0.2, -0.15) is 0 Å². The van der Waals surface area contributed by atoms with Gasteiger partial charge < -0.3 is 14.8 Å². The predicted octanol–water partition coefficient (Wildman–Crippen LogP) is 1.77. The lowest BCUT2D eigenvalue weighted by Crippen LogP contribution is -2.35. The molecule has 116 valence electrons. The van der Waals surface area contributed by atoms with Crippen LogP contribution in [0.1, 0.15) is 24.2 Å². The number of pyridine rings is 1. The number of carbonyl (C=O) groups is 1. The zero-order valence-corrected chi connectivity index (χ0v) is 12.4. The molecule has 1 amide bonds. The van der Waals surface area contributed by atoms with Gasteiger partial charge in [-0.1, -0.05) is 11.6 Å². The van der Waals surface area contributed by atoms with E-state index in [-0.39, 0.29) is 22.9 Å². The number of rotatable bonds is 8. The second-order valence-corrected chi connectivity index (χ2v) is 4.20. The average Bonchev–Trinajstić information content (AvgIpc) is 2.45. The second-order valence-electron chi connectivity index (χ2n) is 3.84. The Morgan fingerprint density at radius 3 is 2.62 bits per heavy atom. The Morgan fingerprint density at radius 2 is 2.10 bits per heavy atom. The molecule has 0 saturated carbocycles. The monoisotopic (exact) mass is 317 g/mol. The molecule has 0 unspecified atom stereocenters. The minimum absolute atomic E-state index is 0.0717. The zero-order valence-electron chi connectivity index (χ0n) is 11.7. The molecule has 21 heavy (non-hydrogen) atoms. The van der Waals surface area contributed by atoms with Crippen LogP contribution >= 0.6 is 11.6 Å². The van der Waals surface area contributed by atoms with Gasteiger partial charge in [0, 0.05) is 19.3 Å². The quantitative estimate of drug-likeness (QED) is 0.339. The van der Waals surface area contributed by atoms with Crippen LogP contribution in [-0.2, 0) is 9.47 Å². The van der Waals surface area contributed by atoms with Gasteiger partial charge in [0.25, 0.3) is 11.6 Å². The van der Waals surface area contributed by atoms with E-state index in [0.29, 0.717) is 13.2 Å². The molecule has 0 radical (unpaired) electrons. The standard InChI is InChI=1S/C12H16ClN3O5/c1-3-20-10(21-4-2)7-15-12(17)9-5-8(16(18)19)6-14-11(9)13/h5-6,10H,3-4,7H2,1-2H3,(H,15,17). The van der Waals surface area contributed by atoms with Crippen LogP contribution in [0.4, 0.5) is 5.69 Å². The number of nitro groups is 1. The topological polar surface area (TPSA) is 104 Å². The molecule has 0 spiro atoms. The van der Waals surface area contributed by atoms with Gasteiger partial charge in [-0.25, -0.2) is 4.98 Å². The molecular formula is C12H16ClN3O5. The van der Waals surface area contributed by atoms with Crippen LogP contribution in [0.2, 0.25) is 5.15 Å². The summed E-state index contributed by atoms with van der Waals surface area (Å²) in [6, 6.07) is 1.07. The van der Waals surface area contributed by atoms with Crippen molar-refractivity contribution in [1.29, 1.82) is 0 Å². The fourth-order valence-electron chi connectivity index (χ4n) is 1.51. The fourth-order valence-corrected chi connectivity index (χ4v) is 1.69. The van der Waals surface area contributed by atoms with Crippen molar-refractivity contribution in [2.45, 2.75) is 20.1 Å². The van der Waals surface area contributed by atoms with E-state index >= 15 is 0 Å². The maximum Gasteiger partial charge on any atom is 0.288 e. The molecule has 0 bridgehead atoms. The van der Waals surface area contributed by atoms with Gasteiger partial charge in [-0.05, 0) is 13.8 Å². The van der Waals surface area contributed by atoms with Crippen LogP contribution < -0.4 is 5.32 Å². The van der Waals surface area contributed by atoms with E-state index in [1.54, 1.807) is 13.8 Å². The molecule has 1 aromatic rings. The number of nitrogens with zero attached hydrogens (tertiary/aromatic N) is 2. The smallest absolute Gasteiger partial charge is 0.288 e. The molecule has 8 nitrogen and oxygen atoms in total. The number of nitrogens with one attached hydrogen (secondary N) is 1. The first kappa shape index (κ1) is 17.3. The molecule has 0 atom stereocenters. The first-order valence-electron chi connectivity index (χ1n) is 6.30. The van der Waals surface area contributed by atoms with Crippen LogP contribution in [0, 0.1) is 10.1 Å². The number of hydrogen-bond acceptors (Lipinski definition) is 6. The van der Waals surface area contributed by atoms with E-state index in [1.807, 2.05) is 0 Å². The van der Waals surface area contributed by atoms with Crippen molar-refractivity contribution in [3.63, 3.8) is 0 Å². The molecule has 1 heterocycles. The van der Waals surface area contributed by atoms with Crippen LogP contribution in [0.15, 0.2) is 12.3 Å². The molecule has 0 aliphatic carbocycles. The molecule has 0 saturated heterocycles. The molecule has 0 fully saturated rings. The van der Waals surface area contributed by atoms with E-state index in [4.69, 9.17) is 21.1 Å². The highest BCUT2D eigenvalue weighted by Gasteiger charge is 2.18. The highest BCUT2D eigenvalue weighted by molar-refractivity contribution is 6.32. The van der Waals surface area contributed by atoms with Crippen molar-refractivity contribution >= 4 is 23.2 Å². The molecule has 9 heteroatoms. The first-order chi connectivity index (χ1) is 9.99. The van der Waals surface area contributed by atoms with E-state index in [0.717, 1.165) is 12.3 Å². The summed E-state index contributed by atoms with van der Waals surface area (Å²) < 4.78 is 10.5. The Labute approximate surface area is 126 Å². The highest BCUT2D eigenvalue weighted by Crippen LogP contribution is 2.18. The normalized spacial score (nSPS) is 10.7. The van der Waals surface area contributed by atoms with Crippen molar-refractivity contribution in [2.24, 2.45) is 0 Å². The van der Waals surface area contributed by atoms with Gasteiger partial charge in [-0.3, -0.25) is 14.9 Å². The Hall–Kier alpha value is -1.77. The maximum atomic E-state index is 12.0. The Bertz CT molecular complexity index is 506. The Morgan fingerprint density at radius 1 is 1.48 bits per heavy atom. The Kier molecular flexibility index (Phi) is 7.00. The van der Waals surface area contributed by atoms with Crippen molar-refractivity contribution in [3.05, 3.63) is 33.1 Å². The van der Waals surface area contributed by atoms with Gasteiger partial charge in [0.15, 0.2) is 6.29 Å². The summed E-state index contributed by atoms with van der Waals surface area (Å²) in [4.78, 5) is 25.6. The zero-order chi connectivity index (χ0) is 15.8. The summed E-state index contributed by atoms with van der Waals surface area (Å²) in [5, 5.41) is 13.1. The number of halogens is 1. The van der Waals surface area contributed by atoms with Gasteiger partial charge in [-0.15, -0.1) is 0 Å². The van der Waals surface area contributed by atoms with Crippen molar-refractivity contribution in [2.75, 3.05) is 19.8 Å². The lowest BCUT2D eigenvalue weighted by Gasteiger charge is -2.17. The first-order valence-corrected chi connectivity index (χ1v) is 6.68. The summed E-state index contributed by atoms with van der Waals surface area (Å²) in [5.41, 5.74) is -0.381. The lowest BCUT2D eigenvalue weighted by atomic mass is 10.2. The molecule has 0 aliphatic heterocycles. The van der Waals surface area contributed by atoms with Gasteiger partial charge in [0.2, 0.25) is 0 Å². The lowest BCUT2D eigenvalue weighted by molar-refractivity contribution is -0.385. The SMILES string of the molecule is CCOC(CNC(=O)c1cc([N+](=O)[O-])cnc1Cl)OCC. The van der Waals surface area contributed by atoms with Gasteiger partial charge >= 0.3 is 0 Å². The molecule has 1 rings (SSSR count). The molecular weight excluding hydrogens is 302 g/mol. The van der Waals surface area contributed by atoms with Gasteiger partial charge in [0.05, 0.1) is 17.0 Å². The summed E-state index contributed by atoms with van der Waals surface area (Å²) >= 11 is 5.78. The molecule has 1 N–H and O–H groups in total. The third kappa shape index (κ3) is 5.25. The number of hydrogen-bond donors (Lipinski definition) is 1. The van der Waals surface area contributed by atoms with Crippen LogP contribution in [0.5, 0.6) is 0 Å². The third-order valence-corrected chi connectivity index (χ3v) is 2.72. The fraction of sp³-hybridized carbons (Fsp3) is 0.500. The van der Waals surface area contributed by atoms with Crippen molar-refractivity contribution in [1.82, 2.24) is 10.3 Å². The van der Waals surface area contributed by atoms with Gasteiger partial charge in [0.1, 0.15) is 11.3 Å². The van der Waals surface area contributed by atoms with E-state index in [2.05, 4.69) is 10.3 Å². The van der Waals surface area contributed by atoms with E-state index in [9.17, 15) is 14.9 Å². The maximum absolute atomic E-state index is 12.0. The largest absolute Gasteiger partial charge is 0.351 e. The summed E-state index contributed by atoms with van der Waals surface area (Å²) in [7, 11) is 0. The van der Waals surface area contributed by atoms with Crippen LogP contribution in [0.3, 0.4) is 0 Å². The van der Waals surface area contributed by atoms with E-state index < -0.39 is 17.1 Å². The van der Waals surface area contributed by atoms with Crippen LogP contribution in [-0.4, -0.2) is 41.9 Å². The minimum Gasteiger partial charge on any atom is -0.351 e. The third-order valence-electron chi connectivity index (χ3n) is 2.41. The summed E-state index contributed by atoms with van der Waals surface area (Å²) in [5.74, 6) is -0.583. The number of ether oxygens (including phenoxy) is 2. The number of amides is 1. The molecule has 0 aliphatic rings. The summed E-state index contributed by atoms with van der Waals surface area (Å²) in [6.07, 6.45) is 0.400. The van der Waals surface area contributed by atoms with Crippen molar-refractivity contribution < 1.29 is 19.2 Å². The second kappa shape index (κ2) is 8.50. The number of carbonyl (C=O) groups excluding carboxylic acids is 1. The molecule has 0 aromatic carbocycles. The predicted molar refractivity (Wildman–Crippen MR) is 75.3 cm³/mol. The molecule has 1 aromatic heterocycles. The Balaban J connectivity index is 2.74. The number of aromatic nitrogens is 1. The highest BCUT2D eigenvalue weighted by atomic mass is 35.5. The summed E-state index contributed by atoms with van der Waals surface area (Å²) in [6.45, 7) is 4.56. The van der Waals surface area contributed by atoms with Crippen molar-refractivity contribution in [3.8, 4) is 0 Å². The average molecular weight is 318 g/mol. The van der Waals surface area contributed by atoms with Crippen LogP contribution in [0.25, 0.3) is 0 Å².